The normalized spacial score (nSPS) is 12.5. The maximum absolute atomic E-state index is 13.7. The van der Waals surface area contributed by atoms with Crippen LogP contribution < -0.4 is 11.1 Å². The van der Waals surface area contributed by atoms with Crippen molar-refractivity contribution < 1.29 is 4.39 Å². The zero-order valence-electron chi connectivity index (χ0n) is 11.8. The van der Waals surface area contributed by atoms with Gasteiger partial charge in [0.2, 0.25) is 0 Å². The van der Waals surface area contributed by atoms with E-state index >= 15 is 0 Å². The van der Waals surface area contributed by atoms with Crippen LogP contribution in [0.4, 0.5) is 16.0 Å². The molecular formula is C15H16FN5. The number of nitrogens with zero attached hydrogens (tertiary/aromatic N) is 3. The van der Waals surface area contributed by atoms with Gasteiger partial charge in [0.1, 0.15) is 11.6 Å². The molecule has 0 aliphatic heterocycles. The molecule has 0 spiro atoms. The number of benzene rings is 1. The lowest BCUT2D eigenvalue weighted by atomic mass is 10.1. The Morgan fingerprint density at radius 3 is 2.95 bits per heavy atom. The summed E-state index contributed by atoms with van der Waals surface area (Å²) in [5, 5.41) is 3.23. The number of nitrogens with one attached hydrogen (secondary N) is 1. The van der Waals surface area contributed by atoms with E-state index in [1.807, 2.05) is 13.0 Å². The van der Waals surface area contributed by atoms with Crippen molar-refractivity contribution in [3.63, 3.8) is 0 Å². The van der Waals surface area contributed by atoms with Gasteiger partial charge in [0.05, 0.1) is 12.2 Å². The van der Waals surface area contributed by atoms with E-state index in [1.54, 1.807) is 36.0 Å². The standard InChI is InChI=1S/C15H16FN5/c1-9-3-4-11(7-12(9)16)10(2)19-14-15-18-5-6-21(15)8-13(17)20-14/h3-8,10H,17H2,1-2H3,(H,19,20). The third-order valence-corrected chi connectivity index (χ3v) is 3.44. The molecule has 0 bridgehead atoms. The summed E-state index contributed by atoms with van der Waals surface area (Å²) in [6, 6.07) is 5.07. The summed E-state index contributed by atoms with van der Waals surface area (Å²) < 4.78 is 15.5. The first kappa shape index (κ1) is 13.4. The molecule has 0 aliphatic carbocycles. The lowest BCUT2D eigenvalue weighted by molar-refractivity contribution is 0.614. The molecule has 3 aromatic rings. The Labute approximate surface area is 121 Å². The summed E-state index contributed by atoms with van der Waals surface area (Å²) in [6.07, 6.45) is 5.18. The molecule has 2 aromatic heterocycles. The molecular weight excluding hydrogens is 269 g/mol. The third-order valence-electron chi connectivity index (χ3n) is 3.44. The molecule has 0 amide bonds. The van der Waals surface area contributed by atoms with Gasteiger partial charge in [0, 0.05) is 12.4 Å². The summed E-state index contributed by atoms with van der Waals surface area (Å²) >= 11 is 0. The van der Waals surface area contributed by atoms with E-state index in [9.17, 15) is 4.39 Å². The van der Waals surface area contributed by atoms with Crippen molar-refractivity contribution in [3.8, 4) is 0 Å². The fourth-order valence-corrected chi connectivity index (χ4v) is 2.21. The molecule has 0 saturated heterocycles. The van der Waals surface area contributed by atoms with Crippen molar-refractivity contribution in [2.45, 2.75) is 19.9 Å². The van der Waals surface area contributed by atoms with E-state index in [1.165, 1.54) is 6.07 Å². The molecule has 21 heavy (non-hydrogen) atoms. The molecule has 0 saturated carbocycles. The van der Waals surface area contributed by atoms with E-state index in [0.29, 0.717) is 22.8 Å². The second-order valence-corrected chi connectivity index (χ2v) is 5.05. The minimum Gasteiger partial charge on any atom is -0.382 e. The van der Waals surface area contributed by atoms with Crippen molar-refractivity contribution in [2.75, 3.05) is 11.1 Å². The van der Waals surface area contributed by atoms with Gasteiger partial charge in [-0.15, -0.1) is 0 Å². The number of anilines is 2. The summed E-state index contributed by atoms with van der Waals surface area (Å²) in [6.45, 7) is 3.68. The Bertz CT molecular complexity index is 796. The number of aromatic nitrogens is 3. The second kappa shape index (κ2) is 5.05. The van der Waals surface area contributed by atoms with Crippen molar-refractivity contribution in [1.29, 1.82) is 0 Å². The van der Waals surface area contributed by atoms with Gasteiger partial charge < -0.3 is 15.5 Å². The molecule has 1 aromatic carbocycles. The number of aryl methyl sites for hydroxylation is 1. The van der Waals surface area contributed by atoms with Crippen molar-refractivity contribution >= 4 is 17.3 Å². The van der Waals surface area contributed by atoms with Crippen LogP contribution >= 0.6 is 0 Å². The van der Waals surface area contributed by atoms with Gasteiger partial charge >= 0.3 is 0 Å². The number of rotatable bonds is 3. The molecule has 0 radical (unpaired) electrons. The molecule has 1 unspecified atom stereocenters. The van der Waals surface area contributed by atoms with Crippen LogP contribution in [-0.2, 0) is 0 Å². The van der Waals surface area contributed by atoms with E-state index < -0.39 is 0 Å². The molecule has 5 nitrogen and oxygen atoms in total. The predicted molar refractivity (Wildman–Crippen MR) is 80.6 cm³/mol. The van der Waals surface area contributed by atoms with Crippen LogP contribution in [0.2, 0.25) is 0 Å². The van der Waals surface area contributed by atoms with Gasteiger partial charge in [-0.25, -0.2) is 14.4 Å². The number of hydrogen-bond acceptors (Lipinski definition) is 4. The van der Waals surface area contributed by atoms with E-state index in [2.05, 4.69) is 15.3 Å². The summed E-state index contributed by atoms with van der Waals surface area (Å²) in [5.41, 5.74) is 7.93. The van der Waals surface area contributed by atoms with Gasteiger partial charge in [0.25, 0.3) is 0 Å². The summed E-state index contributed by atoms with van der Waals surface area (Å²) in [4.78, 5) is 8.52. The topological polar surface area (TPSA) is 68.2 Å². The van der Waals surface area contributed by atoms with Crippen LogP contribution in [-0.4, -0.2) is 14.4 Å². The summed E-state index contributed by atoms with van der Waals surface area (Å²) in [7, 11) is 0. The average Bonchev–Trinajstić information content (AvgIpc) is 2.90. The highest BCUT2D eigenvalue weighted by atomic mass is 19.1. The average molecular weight is 285 g/mol. The number of nitrogens with two attached hydrogens (primary N) is 1. The minimum atomic E-state index is -0.215. The smallest absolute Gasteiger partial charge is 0.180 e. The minimum absolute atomic E-state index is 0.116. The Balaban J connectivity index is 1.94. The highest BCUT2D eigenvalue weighted by Crippen LogP contribution is 2.23. The first-order valence-corrected chi connectivity index (χ1v) is 6.66. The number of imidazole rings is 1. The van der Waals surface area contributed by atoms with Crippen LogP contribution in [0.25, 0.3) is 5.65 Å². The van der Waals surface area contributed by atoms with Gasteiger partial charge in [0.15, 0.2) is 11.5 Å². The predicted octanol–water partition coefficient (Wildman–Crippen LogP) is 2.93. The first-order chi connectivity index (χ1) is 10.0. The molecule has 3 N–H and O–H groups in total. The Morgan fingerprint density at radius 2 is 2.19 bits per heavy atom. The molecule has 6 heteroatoms. The van der Waals surface area contributed by atoms with E-state index in [-0.39, 0.29) is 11.9 Å². The number of halogens is 1. The van der Waals surface area contributed by atoms with Gasteiger partial charge in [-0.3, -0.25) is 0 Å². The van der Waals surface area contributed by atoms with Crippen molar-refractivity contribution in [1.82, 2.24) is 14.4 Å². The second-order valence-electron chi connectivity index (χ2n) is 5.05. The zero-order valence-corrected chi connectivity index (χ0v) is 11.8. The molecule has 3 rings (SSSR count). The third kappa shape index (κ3) is 2.52. The number of fused-ring (bicyclic) bond motifs is 1. The lowest BCUT2D eigenvalue weighted by Gasteiger charge is -2.16. The maximum Gasteiger partial charge on any atom is 0.180 e. The SMILES string of the molecule is Cc1ccc(C(C)Nc2nc(N)cn3ccnc23)cc1F. The van der Waals surface area contributed by atoms with E-state index in [4.69, 9.17) is 5.73 Å². The first-order valence-electron chi connectivity index (χ1n) is 6.66. The molecule has 108 valence electrons. The fraction of sp³-hybridized carbons (Fsp3) is 0.200. The molecule has 0 fully saturated rings. The van der Waals surface area contributed by atoms with Crippen molar-refractivity contribution in [3.05, 3.63) is 53.7 Å². The monoisotopic (exact) mass is 285 g/mol. The largest absolute Gasteiger partial charge is 0.382 e. The van der Waals surface area contributed by atoms with Gasteiger partial charge in [-0.05, 0) is 31.0 Å². The lowest BCUT2D eigenvalue weighted by Crippen LogP contribution is -2.11. The van der Waals surface area contributed by atoms with Crippen LogP contribution in [0.15, 0.2) is 36.8 Å². The van der Waals surface area contributed by atoms with Crippen molar-refractivity contribution in [2.24, 2.45) is 0 Å². The maximum atomic E-state index is 13.7. The highest BCUT2D eigenvalue weighted by molar-refractivity contribution is 5.65. The van der Waals surface area contributed by atoms with Crippen LogP contribution in [0.1, 0.15) is 24.1 Å². The Hall–Kier alpha value is -2.63. The van der Waals surface area contributed by atoms with E-state index in [0.717, 1.165) is 5.56 Å². The Kier molecular flexibility index (Phi) is 3.21. The highest BCUT2D eigenvalue weighted by Gasteiger charge is 2.12. The van der Waals surface area contributed by atoms with Crippen LogP contribution in [0.5, 0.6) is 0 Å². The van der Waals surface area contributed by atoms with Crippen LogP contribution in [0, 0.1) is 12.7 Å². The molecule has 1 atom stereocenters. The summed E-state index contributed by atoms with van der Waals surface area (Å²) in [5.74, 6) is 0.756. The van der Waals surface area contributed by atoms with Gasteiger partial charge in [-0.2, -0.15) is 0 Å². The van der Waals surface area contributed by atoms with Gasteiger partial charge in [-0.1, -0.05) is 12.1 Å². The quantitative estimate of drug-likeness (QED) is 0.776. The number of hydrogen-bond donors (Lipinski definition) is 2. The zero-order chi connectivity index (χ0) is 15.0. The number of nitrogen functional groups attached to an aromatic ring is 1. The molecule has 0 aliphatic rings. The van der Waals surface area contributed by atoms with Crippen LogP contribution in [0.3, 0.4) is 0 Å². The fourth-order valence-electron chi connectivity index (χ4n) is 2.21. The molecule has 2 heterocycles. The Morgan fingerprint density at radius 1 is 1.38 bits per heavy atom.